The number of hydrogen-bond acceptors (Lipinski definition) is 4. The molecule has 1 aromatic carbocycles. The molecule has 0 radical (unpaired) electrons. The van der Waals surface area contributed by atoms with Crippen LogP contribution in [0.1, 0.15) is 0 Å². The minimum atomic E-state index is 0.788. The number of hydrogen-bond donors (Lipinski definition) is 0. The van der Waals surface area contributed by atoms with E-state index in [4.69, 9.17) is 0 Å². The molecule has 22 heavy (non-hydrogen) atoms. The summed E-state index contributed by atoms with van der Waals surface area (Å²) >= 11 is 0. The van der Waals surface area contributed by atoms with E-state index < -0.39 is 0 Å². The first-order valence-electron chi connectivity index (χ1n) is 7.02. The largest absolute Gasteiger partial charge is 0.255 e. The van der Waals surface area contributed by atoms with Gasteiger partial charge in [0.05, 0.1) is 11.4 Å². The van der Waals surface area contributed by atoms with Gasteiger partial charge in [-0.1, -0.05) is 36.4 Å². The molecule has 0 amide bonds. The van der Waals surface area contributed by atoms with Crippen molar-refractivity contribution >= 4 is 10.8 Å². The van der Waals surface area contributed by atoms with Gasteiger partial charge in [-0.25, -0.2) is 0 Å². The maximum atomic E-state index is 4.40. The molecule has 0 aliphatic carbocycles. The molecule has 0 atom stereocenters. The summed E-state index contributed by atoms with van der Waals surface area (Å²) in [5.74, 6) is 0. The number of fused-ring (bicyclic) bond motifs is 1. The maximum absolute atomic E-state index is 4.40. The first-order valence-corrected chi connectivity index (χ1v) is 7.02. The van der Waals surface area contributed by atoms with Gasteiger partial charge in [-0.05, 0) is 24.3 Å². The van der Waals surface area contributed by atoms with Crippen LogP contribution >= 0.6 is 0 Å². The van der Waals surface area contributed by atoms with Crippen molar-refractivity contribution in [3.8, 4) is 22.8 Å². The highest BCUT2D eigenvalue weighted by molar-refractivity contribution is 6.00. The predicted molar refractivity (Wildman–Crippen MR) is 86.0 cm³/mol. The third-order valence-corrected chi connectivity index (χ3v) is 3.50. The van der Waals surface area contributed by atoms with Crippen LogP contribution < -0.4 is 0 Å². The molecule has 3 aromatic heterocycles. The number of aromatic nitrogens is 4. The summed E-state index contributed by atoms with van der Waals surface area (Å²) in [6.45, 7) is 0. The molecule has 4 heteroatoms. The van der Waals surface area contributed by atoms with Crippen molar-refractivity contribution in [2.75, 3.05) is 0 Å². The van der Waals surface area contributed by atoms with Crippen LogP contribution in [0.3, 0.4) is 0 Å². The van der Waals surface area contributed by atoms with Crippen molar-refractivity contribution in [1.29, 1.82) is 0 Å². The van der Waals surface area contributed by atoms with Crippen LogP contribution in [0.2, 0.25) is 0 Å². The van der Waals surface area contributed by atoms with Gasteiger partial charge in [0.2, 0.25) is 0 Å². The van der Waals surface area contributed by atoms with E-state index in [2.05, 4.69) is 20.2 Å². The second kappa shape index (κ2) is 5.33. The Morgan fingerprint density at radius 3 is 1.36 bits per heavy atom. The summed E-state index contributed by atoms with van der Waals surface area (Å²) in [7, 11) is 0. The van der Waals surface area contributed by atoms with Crippen LogP contribution in [0.25, 0.3) is 33.5 Å². The molecular formula is C18H12N4. The zero-order valence-corrected chi connectivity index (χ0v) is 11.7. The van der Waals surface area contributed by atoms with E-state index in [0.717, 1.165) is 33.5 Å². The summed E-state index contributed by atoms with van der Waals surface area (Å²) in [6.07, 6.45) is 3.52. The lowest BCUT2D eigenvalue weighted by Crippen LogP contribution is -1.96. The minimum absolute atomic E-state index is 0.788. The van der Waals surface area contributed by atoms with Crippen LogP contribution in [-0.4, -0.2) is 20.2 Å². The van der Waals surface area contributed by atoms with E-state index in [1.807, 2.05) is 60.7 Å². The Bertz CT molecular complexity index is 843. The molecule has 0 aliphatic rings. The Balaban J connectivity index is 2.01. The predicted octanol–water partition coefficient (Wildman–Crippen LogP) is 3.75. The fraction of sp³-hybridized carbons (Fsp3) is 0. The Morgan fingerprint density at radius 2 is 0.955 bits per heavy atom. The van der Waals surface area contributed by atoms with Crippen molar-refractivity contribution in [1.82, 2.24) is 20.2 Å². The van der Waals surface area contributed by atoms with Crippen molar-refractivity contribution < 1.29 is 0 Å². The zero-order chi connectivity index (χ0) is 14.8. The van der Waals surface area contributed by atoms with E-state index in [1.165, 1.54) is 0 Å². The topological polar surface area (TPSA) is 51.6 Å². The molecule has 0 bridgehead atoms. The van der Waals surface area contributed by atoms with E-state index in [0.29, 0.717) is 0 Å². The van der Waals surface area contributed by atoms with E-state index >= 15 is 0 Å². The van der Waals surface area contributed by atoms with Crippen LogP contribution in [0.4, 0.5) is 0 Å². The van der Waals surface area contributed by atoms with Crippen molar-refractivity contribution in [2.45, 2.75) is 0 Å². The second-order valence-corrected chi connectivity index (χ2v) is 4.87. The van der Waals surface area contributed by atoms with Gasteiger partial charge in [0.25, 0.3) is 0 Å². The SMILES string of the molecule is c1ccc(-c2nnc(-c3ccccn3)c3ccccc23)nc1. The van der Waals surface area contributed by atoms with Crippen LogP contribution in [0.15, 0.2) is 73.1 Å². The standard InChI is InChI=1S/C18H12N4/c1-2-8-14-13(7-1)17(15-9-3-5-11-19-15)21-22-18(14)16-10-4-6-12-20-16/h1-12H. The van der Waals surface area contributed by atoms with Crippen LogP contribution in [-0.2, 0) is 0 Å². The normalized spacial score (nSPS) is 10.7. The van der Waals surface area contributed by atoms with Gasteiger partial charge in [-0.3, -0.25) is 9.97 Å². The highest BCUT2D eigenvalue weighted by atomic mass is 15.1. The Labute approximate surface area is 127 Å². The maximum Gasteiger partial charge on any atom is 0.119 e. The molecule has 0 saturated heterocycles. The average Bonchev–Trinajstić information content (AvgIpc) is 2.62. The molecule has 4 rings (SSSR count). The lowest BCUT2D eigenvalue weighted by Gasteiger charge is -2.08. The molecule has 3 heterocycles. The van der Waals surface area contributed by atoms with Crippen LogP contribution in [0.5, 0.6) is 0 Å². The number of benzene rings is 1. The van der Waals surface area contributed by atoms with Gasteiger partial charge in [0.1, 0.15) is 11.4 Å². The van der Waals surface area contributed by atoms with Crippen molar-refractivity contribution in [2.24, 2.45) is 0 Å². The lowest BCUT2D eigenvalue weighted by atomic mass is 10.0. The van der Waals surface area contributed by atoms with Gasteiger partial charge in [0.15, 0.2) is 0 Å². The molecule has 104 valence electrons. The van der Waals surface area contributed by atoms with E-state index in [9.17, 15) is 0 Å². The summed E-state index contributed by atoms with van der Waals surface area (Å²) in [5.41, 5.74) is 3.21. The third-order valence-electron chi connectivity index (χ3n) is 3.50. The monoisotopic (exact) mass is 284 g/mol. The smallest absolute Gasteiger partial charge is 0.119 e. The number of rotatable bonds is 2. The molecule has 0 aliphatic heterocycles. The fourth-order valence-electron chi connectivity index (χ4n) is 2.49. The fourth-order valence-corrected chi connectivity index (χ4v) is 2.49. The third kappa shape index (κ3) is 2.11. The molecule has 0 saturated carbocycles. The van der Waals surface area contributed by atoms with Gasteiger partial charge < -0.3 is 0 Å². The first-order chi connectivity index (χ1) is 10.9. The van der Waals surface area contributed by atoms with Gasteiger partial charge in [-0.15, -0.1) is 10.2 Å². The lowest BCUT2D eigenvalue weighted by molar-refractivity contribution is 1.04. The highest BCUT2D eigenvalue weighted by Crippen LogP contribution is 2.30. The van der Waals surface area contributed by atoms with Gasteiger partial charge in [-0.2, -0.15) is 0 Å². The molecular weight excluding hydrogens is 272 g/mol. The Morgan fingerprint density at radius 1 is 0.500 bits per heavy atom. The Kier molecular flexibility index (Phi) is 3.05. The zero-order valence-electron chi connectivity index (χ0n) is 11.7. The van der Waals surface area contributed by atoms with Crippen molar-refractivity contribution in [3.05, 3.63) is 73.1 Å². The first kappa shape index (κ1) is 12.6. The van der Waals surface area contributed by atoms with E-state index in [1.54, 1.807) is 12.4 Å². The quantitative estimate of drug-likeness (QED) is 0.562. The molecule has 0 spiro atoms. The van der Waals surface area contributed by atoms with Gasteiger partial charge in [0, 0.05) is 23.2 Å². The highest BCUT2D eigenvalue weighted by Gasteiger charge is 2.13. The number of pyridine rings is 2. The second-order valence-electron chi connectivity index (χ2n) is 4.87. The van der Waals surface area contributed by atoms with E-state index in [-0.39, 0.29) is 0 Å². The summed E-state index contributed by atoms with van der Waals surface area (Å²) in [4.78, 5) is 8.77. The molecule has 4 nitrogen and oxygen atoms in total. The minimum Gasteiger partial charge on any atom is -0.255 e. The molecule has 4 aromatic rings. The molecule has 0 N–H and O–H groups in total. The summed E-state index contributed by atoms with van der Waals surface area (Å²) in [5, 5.41) is 10.9. The summed E-state index contributed by atoms with van der Waals surface area (Å²) in [6, 6.07) is 19.6. The number of nitrogens with zero attached hydrogens (tertiary/aromatic N) is 4. The van der Waals surface area contributed by atoms with Crippen LogP contribution in [0, 0.1) is 0 Å². The molecule has 0 unspecified atom stereocenters. The Hall–Kier alpha value is -3.14. The van der Waals surface area contributed by atoms with Gasteiger partial charge >= 0.3 is 0 Å². The summed E-state index contributed by atoms with van der Waals surface area (Å²) < 4.78 is 0. The van der Waals surface area contributed by atoms with Crippen molar-refractivity contribution in [3.63, 3.8) is 0 Å². The average molecular weight is 284 g/mol. The molecule has 0 fully saturated rings.